The molecule has 174 valence electrons. The molecule has 1 saturated heterocycles. The summed E-state index contributed by atoms with van der Waals surface area (Å²) in [5.41, 5.74) is 5.94. The van der Waals surface area contributed by atoms with Crippen LogP contribution >= 0.6 is 23.5 Å². The van der Waals surface area contributed by atoms with Gasteiger partial charge in [0.1, 0.15) is 30.2 Å². The van der Waals surface area contributed by atoms with Crippen molar-refractivity contribution in [3.05, 3.63) is 12.7 Å². The normalized spacial score (nSPS) is 27.4. The standard InChI is InChI=1S/C10H16N5O13P3.3Na/c11-8-5-9(13-2-12-8)15(3-14-5)10-7(17)6(16)4(26-10)1-25-30(21,22)28-31(23,24)27-29(18,19)20;;;/h2-4,6-7,10,16-17H,1H2,(H,21,22)(H,23,24)(H2,11,12,13)(H2,18,19,20);;;/q;3*+1/p-3/t4?,6-,7?,10-;;;/m1.../s1. The van der Waals surface area contributed by atoms with Gasteiger partial charge in [0.25, 0.3) is 23.5 Å². The van der Waals surface area contributed by atoms with Gasteiger partial charge in [0, 0.05) is 0 Å². The average molecular weight is 573 g/mol. The average Bonchev–Trinajstić information content (AvgIpc) is 3.13. The minimum Gasteiger partial charge on any atom is -0.756 e. The van der Waals surface area contributed by atoms with E-state index in [2.05, 4.69) is 28.1 Å². The molecule has 24 heteroatoms. The molecule has 7 atom stereocenters. The van der Waals surface area contributed by atoms with Gasteiger partial charge in [-0.3, -0.25) is 18.3 Å². The molecule has 5 unspecified atom stereocenters. The maximum absolute atomic E-state index is 11.6. The van der Waals surface area contributed by atoms with E-state index in [1.54, 1.807) is 0 Å². The van der Waals surface area contributed by atoms with E-state index < -0.39 is 54.6 Å². The molecule has 0 bridgehead atoms. The van der Waals surface area contributed by atoms with Crippen molar-refractivity contribution in [1.29, 1.82) is 0 Å². The van der Waals surface area contributed by atoms with E-state index in [9.17, 15) is 38.6 Å². The molecule has 2 aromatic rings. The summed E-state index contributed by atoms with van der Waals surface area (Å²) in [6, 6.07) is 0. The molecule has 34 heavy (non-hydrogen) atoms. The predicted molar refractivity (Wildman–Crippen MR) is 88.8 cm³/mol. The smallest absolute Gasteiger partial charge is 0.756 e. The molecule has 1 aliphatic rings. The van der Waals surface area contributed by atoms with Crippen LogP contribution in [-0.4, -0.2) is 59.5 Å². The Hall–Kier alpha value is 1.64. The van der Waals surface area contributed by atoms with Gasteiger partial charge < -0.3 is 44.8 Å². The molecule has 18 nitrogen and oxygen atoms in total. The number of nitrogens with two attached hydrogens (primary N) is 1. The second kappa shape index (κ2) is 13.6. The fourth-order valence-electron chi connectivity index (χ4n) is 2.61. The van der Waals surface area contributed by atoms with Gasteiger partial charge in [-0.15, -0.1) is 0 Å². The zero-order valence-corrected chi connectivity index (χ0v) is 26.5. The van der Waals surface area contributed by atoms with Crippen LogP contribution in [-0.2, 0) is 31.6 Å². The molecule has 5 N–H and O–H groups in total. The summed E-state index contributed by atoms with van der Waals surface area (Å²) in [6.07, 6.45) is -3.94. The number of hydrogen-bond acceptors (Lipinski definition) is 16. The van der Waals surface area contributed by atoms with E-state index >= 15 is 0 Å². The van der Waals surface area contributed by atoms with Crippen molar-refractivity contribution in [2.75, 3.05) is 12.3 Å². The van der Waals surface area contributed by atoms with Crippen molar-refractivity contribution in [2.45, 2.75) is 24.5 Å². The summed E-state index contributed by atoms with van der Waals surface area (Å²) in [7, 11) is -17.7. The Morgan fingerprint density at radius 1 is 1.03 bits per heavy atom. The monoisotopic (exact) mass is 573 g/mol. The van der Waals surface area contributed by atoms with E-state index in [0.717, 1.165) is 6.33 Å². The Labute approximate surface area is 256 Å². The number of rotatable bonds is 8. The second-order valence-corrected chi connectivity index (χ2v) is 10.2. The van der Waals surface area contributed by atoms with Crippen LogP contribution in [0.1, 0.15) is 6.23 Å². The summed E-state index contributed by atoms with van der Waals surface area (Å²) >= 11 is 0. The van der Waals surface area contributed by atoms with Crippen molar-refractivity contribution in [3.8, 4) is 0 Å². The molecule has 1 aliphatic heterocycles. The first kappa shape index (κ1) is 35.6. The Balaban J connectivity index is 0.00000363. The summed E-state index contributed by atoms with van der Waals surface area (Å²) in [4.78, 5) is 53.1. The van der Waals surface area contributed by atoms with E-state index in [4.69, 9.17) is 15.4 Å². The van der Waals surface area contributed by atoms with Crippen LogP contribution in [0.4, 0.5) is 5.82 Å². The number of nitrogen functional groups attached to an aromatic ring is 1. The second-order valence-electron chi connectivity index (χ2n) is 5.95. The van der Waals surface area contributed by atoms with Crippen LogP contribution in [0.15, 0.2) is 12.7 Å². The van der Waals surface area contributed by atoms with Gasteiger partial charge in [0.05, 0.1) is 12.9 Å². The van der Waals surface area contributed by atoms with Crippen LogP contribution in [0.25, 0.3) is 11.2 Å². The molecule has 0 aromatic carbocycles. The number of aliphatic hydroxyl groups excluding tert-OH is 2. The van der Waals surface area contributed by atoms with Crippen LogP contribution in [0.5, 0.6) is 0 Å². The van der Waals surface area contributed by atoms with Crippen LogP contribution in [0, 0.1) is 0 Å². The number of nitrogens with zero attached hydrogens (tertiary/aromatic N) is 4. The molecular formula is C10H13N5Na3O13P3. The zero-order chi connectivity index (χ0) is 23.2. The third kappa shape index (κ3) is 9.13. The van der Waals surface area contributed by atoms with E-state index in [1.165, 1.54) is 10.9 Å². The zero-order valence-electron chi connectivity index (χ0n) is 17.8. The predicted octanol–water partition coefficient (Wildman–Crippen LogP) is -12.5. The fraction of sp³-hybridized carbons (Fsp3) is 0.500. The van der Waals surface area contributed by atoms with Crippen molar-refractivity contribution in [1.82, 2.24) is 19.5 Å². The van der Waals surface area contributed by atoms with Gasteiger partial charge in [-0.25, -0.2) is 23.6 Å². The minimum absolute atomic E-state index is 0. The van der Waals surface area contributed by atoms with Crippen molar-refractivity contribution in [3.63, 3.8) is 0 Å². The molecule has 0 saturated carbocycles. The van der Waals surface area contributed by atoms with Crippen LogP contribution < -0.4 is 109 Å². The van der Waals surface area contributed by atoms with Gasteiger partial charge in [-0.2, -0.15) is 0 Å². The van der Waals surface area contributed by atoms with E-state index in [-0.39, 0.29) is 106 Å². The van der Waals surface area contributed by atoms with Gasteiger partial charge >= 0.3 is 88.7 Å². The number of aromatic nitrogens is 4. The summed E-state index contributed by atoms with van der Waals surface area (Å²) in [5.74, 6) is 0.0240. The fourth-order valence-corrected chi connectivity index (χ4v) is 5.50. The number of aliphatic hydroxyl groups is 2. The Bertz CT molecular complexity index is 1120. The van der Waals surface area contributed by atoms with Gasteiger partial charge in [0.2, 0.25) is 0 Å². The molecular weight excluding hydrogens is 560 g/mol. The number of phosphoric acid groups is 3. The number of fused-ring (bicyclic) bond motifs is 1. The molecule has 3 heterocycles. The summed E-state index contributed by atoms with van der Waals surface area (Å²) in [6.45, 7) is -1.06. The number of ether oxygens (including phenoxy) is 1. The third-order valence-electron chi connectivity index (χ3n) is 3.80. The van der Waals surface area contributed by atoms with E-state index in [0.29, 0.717) is 0 Å². The first-order chi connectivity index (χ1) is 14.2. The van der Waals surface area contributed by atoms with Crippen molar-refractivity contribution in [2.24, 2.45) is 0 Å². The van der Waals surface area contributed by atoms with Gasteiger partial charge in [-0.1, -0.05) is 0 Å². The molecule has 0 aliphatic carbocycles. The number of phosphoric ester groups is 1. The number of hydrogen-bond donors (Lipinski definition) is 4. The maximum atomic E-state index is 11.6. The van der Waals surface area contributed by atoms with Crippen LogP contribution in [0.3, 0.4) is 0 Å². The summed E-state index contributed by atoms with van der Waals surface area (Å²) in [5, 5.41) is 20.3. The Kier molecular flexibility index (Phi) is 14.3. The molecule has 0 radical (unpaired) electrons. The first-order valence-electron chi connectivity index (χ1n) is 7.87. The molecule has 0 amide bonds. The molecule has 1 fully saturated rings. The molecule has 0 spiro atoms. The third-order valence-corrected chi connectivity index (χ3v) is 7.49. The molecule has 3 rings (SSSR count). The Morgan fingerprint density at radius 2 is 1.65 bits per heavy atom. The molecule has 2 aromatic heterocycles. The maximum Gasteiger partial charge on any atom is 1.00 e. The summed E-state index contributed by atoms with van der Waals surface area (Å²) < 4.78 is 50.6. The SMILES string of the molecule is Nc1ncnc2c1ncn2[C@@H]1OC(COP(=O)([O-])OP(=O)([O-])OP(=O)([O-])O)[C@@H](O)C1O.[Na+].[Na+].[Na+]. The van der Waals surface area contributed by atoms with Crippen molar-refractivity contribution < 1.29 is 150 Å². The van der Waals surface area contributed by atoms with Crippen LogP contribution in [0.2, 0.25) is 0 Å². The minimum atomic E-state index is -6.08. The quantitative estimate of drug-likeness (QED) is 0.168. The topological polar surface area (TPSA) is 288 Å². The Morgan fingerprint density at radius 3 is 2.24 bits per heavy atom. The number of imidazole rings is 1. The van der Waals surface area contributed by atoms with Gasteiger partial charge in [-0.05, 0) is 0 Å². The first-order valence-corrected chi connectivity index (χ1v) is 12.3. The van der Waals surface area contributed by atoms with E-state index in [1.807, 2.05) is 0 Å². The largest absolute Gasteiger partial charge is 1.00 e. The number of anilines is 1. The van der Waals surface area contributed by atoms with Gasteiger partial charge in [0.15, 0.2) is 17.7 Å². The van der Waals surface area contributed by atoms with Crippen molar-refractivity contribution >= 4 is 40.4 Å².